The lowest BCUT2D eigenvalue weighted by atomic mass is 10.4. The highest BCUT2D eigenvalue weighted by molar-refractivity contribution is 6.60. The van der Waals surface area contributed by atoms with Crippen molar-refractivity contribution < 1.29 is 18.0 Å². The highest BCUT2D eigenvalue weighted by Crippen LogP contribution is 2.18. The third-order valence-corrected chi connectivity index (χ3v) is 5.67. The highest BCUT2D eigenvalue weighted by Gasteiger charge is 2.39. The Balaban J connectivity index is 3.99. The van der Waals surface area contributed by atoms with Crippen LogP contribution in [0.2, 0.25) is 6.04 Å². The van der Waals surface area contributed by atoms with Crippen LogP contribution in [0.25, 0.3) is 0 Å². The zero-order valence-corrected chi connectivity index (χ0v) is 14.4. The molecule has 0 atom stereocenters. The van der Waals surface area contributed by atoms with Crippen molar-refractivity contribution in [3.05, 3.63) is 24.3 Å². The van der Waals surface area contributed by atoms with Gasteiger partial charge >= 0.3 is 8.80 Å². The highest BCUT2D eigenvalue weighted by atomic mass is 28.4. The van der Waals surface area contributed by atoms with E-state index >= 15 is 0 Å². The summed E-state index contributed by atoms with van der Waals surface area (Å²) in [5.74, 6) is 0. The first-order chi connectivity index (χ1) is 9.74. The van der Waals surface area contributed by atoms with Gasteiger partial charge in [-0.2, -0.15) is 0 Å². The quantitative estimate of drug-likeness (QED) is 0.296. The Kier molecular flexibility index (Phi) is 13.2. The molecule has 20 heavy (non-hydrogen) atoms. The largest absolute Gasteiger partial charge is 0.501 e. The summed E-state index contributed by atoms with van der Waals surface area (Å²) in [6.07, 6.45) is 8.85. The maximum atomic E-state index is 5.79. The monoisotopic (exact) mass is 302 g/mol. The van der Waals surface area contributed by atoms with Gasteiger partial charge in [0, 0.05) is 32.5 Å². The van der Waals surface area contributed by atoms with Crippen LogP contribution in [-0.2, 0) is 18.0 Å². The fourth-order valence-corrected chi connectivity index (χ4v) is 4.37. The SMILES string of the molecule is C/C=C/C=C/COCCC[Si](OCC)(OCC)OCC. The standard InChI is InChI=1S/C15H30O4Si/c1-5-9-10-11-13-16-14-12-15-20(17-6-2,18-7-3)19-8-4/h5,9-11H,6-8,12-15H2,1-4H3/b9-5+,11-10+. The Labute approximate surface area is 125 Å². The van der Waals surface area contributed by atoms with E-state index in [2.05, 4.69) is 0 Å². The zero-order chi connectivity index (χ0) is 15.1. The molecule has 0 saturated heterocycles. The third kappa shape index (κ3) is 9.44. The second-order valence-corrected chi connectivity index (χ2v) is 6.85. The molecule has 0 amide bonds. The topological polar surface area (TPSA) is 36.9 Å². The summed E-state index contributed by atoms with van der Waals surface area (Å²) in [7, 11) is -2.49. The van der Waals surface area contributed by atoms with E-state index in [4.69, 9.17) is 18.0 Å². The van der Waals surface area contributed by atoms with Gasteiger partial charge in [0.25, 0.3) is 0 Å². The van der Waals surface area contributed by atoms with Crippen molar-refractivity contribution in [3.8, 4) is 0 Å². The number of hydrogen-bond acceptors (Lipinski definition) is 4. The van der Waals surface area contributed by atoms with Crippen molar-refractivity contribution in [2.45, 2.75) is 40.2 Å². The predicted octanol–water partition coefficient (Wildman–Crippen LogP) is 3.57. The molecule has 0 aromatic heterocycles. The maximum absolute atomic E-state index is 5.79. The first-order valence-electron chi connectivity index (χ1n) is 7.52. The van der Waals surface area contributed by atoms with E-state index in [9.17, 15) is 0 Å². The molecule has 0 rings (SSSR count). The molecule has 0 spiro atoms. The Hall–Kier alpha value is -0.463. The van der Waals surface area contributed by atoms with Crippen LogP contribution in [0.4, 0.5) is 0 Å². The molecule has 0 N–H and O–H groups in total. The summed E-state index contributed by atoms with van der Waals surface area (Å²) in [5.41, 5.74) is 0. The van der Waals surface area contributed by atoms with Crippen LogP contribution in [0.15, 0.2) is 24.3 Å². The predicted molar refractivity (Wildman–Crippen MR) is 84.8 cm³/mol. The van der Waals surface area contributed by atoms with Gasteiger partial charge in [-0.05, 0) is 34.1 Å². The molecule has 0 unspecified atom stereocenters. The van der Waals surface area contributed by atoms with Crippen molar-refractivity contribution in [3.63, 3.8) is 0 Å². The lowest BCUT2D eigenvalue weighted by Crippen LogP contribution is -2.46. The van der Waals surface area contributed by atoms with Gasteiger partial charge in [-0.1, -0.05) is 24.3 Å². The normalized spacial score (nSPS) is 12.8. The summed E-state index contributed by atoms with van der Waals surface area (Å²) in [4.78, 5) is 0. The molecule has 0 saturated carbocycles. The Morgan fingerprint density at radius 3 is 2.00 bits per heavy atom. The molecule has 0 bridgehead atoms. The van der Waals surface area contributed by atoms with Gasteiger partial charge in [0.1, 0.15) is 0 Å². The van der Waals surface area contributed by atoms with Crippen LogP contribution in [0, 0.1) is 0 Å². The van der Waals surface area contributed by atoms with Gasteiger partial charge in [-0.15, -0.1) is 0 Å². The first-order valence-corrected chi connectivity index (χ1v) is 9.45. The summed E-state index contributed by atoms with van der Waals surface area (Å²) < 4.78 is 22.9. The summed E-state index contributed by atoms with van der Waals surface area (Å²) >= 11 is 0. The van der Waals surface area contributed by atoms with Crippen LogP contribution in [0.3, 0.4) is 0 Å². The molecule has 5 heteroatoms. The van der Waals surface area contributed by atoms with E-state index in [1.54, 1.807) is 0 Å². The summed E-state index contributed by atoms with van der Waals surface area (Å²) in [6, 6.07) is 0.807. The Morgan fingerprint density at radius 2 is 1.50 bits per heavy atom. The van der Waals surface area contributed by atoms with Crippen molar-refractivity contribution in [2.24, 2.45) is 0 Å². The lowest BCUT2D eigenvalue weighted by Gasteiger charge is -2.28. The number of hydrogen-bond donors (Lipinski definition) is 0. The van der Waals surface area contributed by atoms with Crippen molar-refractivity contribution >= 4 is 8.80 Å². The van der Waals surface area contributed by atoms with Gasteiger partial charge < -0.3 is 18.0 Å². The van der Waals surface area contributed by atoms with E-state index in [0.29, 0.717) is 33.0 Å². The zero-order valence-electron chi connectivity index (χ0n) is 13.4. The van der Waals surface area contributed by atoms with Crippen molar-refractivity contribution in [2.75, 3.05) is 33.0 Å². The molecule has 0 aromatic rings. The minimum atomic E-state index is -2.49. The number of ether oxygens (including phenoxy) is 1. The summed E-state index contributed by atoms with van der Waals surface area (Å²) in [6.45, 7) is 11.1. The fraction of sp³-hybridized carbons (Fsp3) is 0.733. The van der Waals surface area contributed by atoms with Gasteiger partial charge in [-0.25, -0.2) is 0 Å². The van der Waals surface area contributed by atoms with Crippen LogP contribution in [0.1, 0.15) is 34.1 Å². The fourth-order valence-electron chi connectivity index (χ4n) is 1.79. The van der Waals surface area contributed by atoms with E-state index in [0.717, 1.165) is 12.5 Å². The average Bonchev–Trinajstić information content (AvgIpc) is 2.43. The average molecular weight is 302 g/mol. The molecule has 0 aliphatic heterocycles. The molecule has 0 fully saturated rings. The number of rotatable bonds is 13. The van der Waals surface area contributed by atoms with Gasteiger partial charge in [0.15, 0.2) is 0 Å². The molecule has 0 aliphatic rings. The van der Waals surface area contributed by atoms with Gasteiger partial charge in [-0.3, -0.25) is 0 Å². The van der Waals surface area contributed by atoms with Crippen molar-refractivity contribution in [1.82, 2.24) is 0 Å². The number of allylic oxidation sites excluding steroid dienone is 3. The molecular formula is C15H30O4Si. The van der Waals surface area contributed by atoms with E-state index in [-0.39, 0.29) is 0 Å². The van der Waals surface area contributed by atoms with Gasteiger partial charge in [0.05, 0.1) is 6.61 Å². The molecule has 0 aliphatic carbocycles. The van der Waals surface area contributed by atoms with Crippen LogP contribution in [0.5, 0.6) is 0 Å². The van der Waals surface area contributed by atoms with Gasteiger partial charge in [0.2, 0.25) is 0 Å². The molecule has 0 heterocycles. The van der Waals surface area contributed by atoms with Crippen LogP contribution < -0.4 is 0 Å². The maximum Gasteiger partial charge on any atom is 0.501 e. The lowest BCUT2D eigenvalue weighted by molar-refractivity contribution is 0.0672. The van der Waals surface area contributed by atoms with E-state index in [1.165, 1.54) is 0 Å². The molecular weight excluding hydrogens is 272 g/mol. The minimum absolute atomic E-state index is 0.624. The second kappa shape index (κ2) is 13.5. The van der Waals surface area contributed by atoms with E-state index < -0.39 is 8.80 Å². The molecule has 0 radical (unpaired) electrons. The smallest absolute Gasteiger partial charge is 0.377 e. The van der Waals surface area contributed by atoms with Crippen LogP contribution in [-0.4, -0.2) is 41.8 Å². The Morgan fingerprint density at radius 1 is 0.900 bits per heavy atom. The molecule has 0 aromatic carbocycles. The molecule has 4 nitrogen and oxygen atoms in total. The summed E-state index contributed by atoms with van der Waals surface area (Å²) in [5, 5.41) is 0. The first kappa shape index (κ1) is 19.5. The van der Waals surface area contributed by atoms with Crippen molar-refractivity contribution in [1.29, 1.82) is 0 Å². The van der Waals surface area contributed by atoms with Crippen LogP contribution >= 0.6 is 0 Å². The third-order valence-electron chi connectivity index (χ3n) is 2.52. The second-order valence-electron chi connectivity index (χ2n) is 4.11. The Bertz CT molecular complexity index is 250. The van der Waals surface area contributed by atoms with E-state index in [1.807, 2.05) is 52.0 Å². The minimum Gasteiger partial charge on any atom is -0.377 e. The molecule has 118 valence electrons.